The van der Waals surface area contributed by atoms with Crippen molar-refractivity contribution in [3.05, 3.63) is 65.7 Å². The molecule has 0 saturated heterocycles. The van der Waals surface area contributed by atoms with Gasteiger partial charge in [0.2, 0.25) is 0 Å². The van der Waals surface area contributed by atoms with Gasteiger partial charge >= 0.3 is 0 Å². The monoisotopic (exact) mass is 299 g/mol. The molecule has 2 aromatic carbocycles. The molecule has 4 heteroatoms. The van der Waals surface area contributed by atoms with E-state index >= 15 is 0 Å². The maximum atomic E-state index is 12.7. The van der Waals surface area contributed by atoms with Gasteiger partial charge in [-0.1, -0.05) is 53.9 Å². The van der Waals surface area contributed by atoms with Crippen LogP contribution in [0.3, 0.4) is 0 Å². The summed E-state index contributed by atoms with van der Waals surface area (Å²) in [4.78, 5) is 0.256. The van der Waals surface area contributed by atoms with Crippen LogP contribution in [0.4, 0.5) is 0 Å². The highest BCUT2D eigenvalue weighted by Gasteiger charge is 2.22. The van der Waals surface area contributed by atoms with Crippen LogP contribution < -0.4 is 0 Å². The van der Waals surface area contributed by atoms with Crippen molar-refractivity contribution >= 4 is 10.0 Å². The molecule has 0 N–H and O–H groups in total. The van der Waals surface area contributed by atoms with Gasteiger partial charge in [0, 0.05) is 6.04 Å². The number of benzene rings is 2. The first kappa shape index (κ1) is 15.1. The second kappa shape index (κ2) is 6.47. The largest absolute Gasteiger partial charge is 0.271 e. The molecule has 2 aromatic rings. The van der Waals surface area contributed by atoms with Crippen LogP contribution in [-0.2, 0) is 16.6 Å². The number of sulfonamides is 1. The average molecular weight is 299 g/mol. The van der Waals surface area contributed by atoms with E-state index in [1.807, 2.05) is 37.3 Å². The second-order valence-corrected chi connectivity index (χ2v) is 6.53. The Morgan fingerprint density at radius 1 is 1.00 bits per heavy atom. The Morgan fingerprint density at radius 3 is 2.19 bits per heavy atom. The Kier molecular flexibility index (Phi) is 4.66. The van der Waals surface area contributed by atoms with Crippen molar-refractivity contribution in [3.63, 3.8) is 0 Å². The third-order valence-electron chi connectivity index (χ3n) is 3.01. The van der Waals surface area contributed by atoms with Crippen LogP contribution in [0.25, 0.3) is 0 Å². The van der Waals surface area contributed by atoms with Gasteiger partial charge in [-0.2, -0.15) is 0 Å². The Balaban J connectivity index is 2.36. The van der Waals surface area contributed by atoms with E-state index in [1.165, 1.54) is 4.31 Å². The molecule has 0 heterocycles. The molecule has 0 amide bonds. The molecular formula is C17H17NO2S. The number of nitrogens with zero attached hydrogens (tertiary/aromatic N) is 1. The van der Waals surface area contributed by atoms with Gasteiger partial charge in [-0.3, -0.25) is 0 Å². The fraction of sp³-hybridized carbons (Fsp3) is 0.176. The SMILES string of the molecule is CC#CN(Cc1ccccc1)S(=O)(=O)c1ccc(C)cc1. The van der Waals surface area contributed by atoms with E-state index < -0.39 is 10.0 Å². The number of hydrogen-bond acceptors (Lipinski definition) is 2. The quantitative estimate of drug-likeness (QED) is 0.642. The van der Waals surface area contributed by atoms with Crippen LogP contribution in [0.2, 0.25) is 0 Å². The van der Waals surface area contributed by atoms with E-state index in [9.17, 15) is 8.42 Å². The third kappa shape index (κ3) is 3.65. The lowest BCUT2D eigenvalue weighted by atomic mass is 10.2. The van der Waals surface area contributed by atoms with E-state index in [2.05, 4.69) is 12.0 Å². The summed E-state index contributed by atoms with van der Waals surface area (Å²) in [6.45, 7) is 3.78. The van der Waals surface area contributed by atoms with Crippen molar-refractivity contribution in [3.8, 4) is 12.0 Å². The summed E-state index contributed by atoms with van der Waals surface area (Å²) in [5, 5.41) is 0. The van der Waals surface area contributed by atoms with E-state index in [4.69, 9.17) is 0 Å². The summed E-state index contributed by atoms with van der Waals surface area (Å²) >= 11 is 0. The summed E-state index contributed by atoms with van der Waals surface area (Å²) < 4.78 is 26.5. The summed E-state index contributed by atoms with van der Waals surface area (Å²) in [6, 6.07) is 18.9. The minimum absolute atomic E-state index is 0.234. The van der Waals surface area contributed by atoms with Gasteiger partial charge in [0.1, 0.15) is 0 Å². The molecule has 21 heavy (non-hydrogen) atoms. The van der Waals surface area contributed by atoms with Crippen LogP contribution in [0.1, 0.15) is 18.1 Å². The van der Waals surface area contributed by atoms with Gasteiger partial charge in [-0.15, -0.1) is 0 Å². The molecule has 0 fully saturated rings. The highest BCUT2D eigenvalue weighted by Crippen LogP contribution is 2.18. The zero-order valence-electron chi connectivity index (χ0n) is 12.1. The molecule has 0 unspecified atom stereocenters. The minimum Gasteiger partial charge on any atom is -0.220 e. The zero-order chi connectivity index (χ0) is 15.3. The zero-order valence-corrected chi connectivity index (χ0v) is 12.9. The predicted molar refractivity (Wildman–Crippen MR) is 83.8 cm³/mol. The van der Waals surface area contributed by atoms with Crippen molar-refractivity contribution in [1.82, 2.24) is 4.31 Å². The Hall–Kier alpha value is -2.25. The van der Waals surface area contributed by atoms with E-state index in [0.717, 1.165) is 11.1 Å². The molecule has 0 aromatic heterocycles. The molecule has 0 spiro atoms. The van der Waals surface area contributed by atoms with Crippen molar-refractivity contribution < 1.29 is 8.42 Å². The topological polar surface area (TPSA) is 37.4 Å². The molecule has 0 atom stereocenters. The predicted octanol–water partition coefficient (Wildman–Crippen LogP) is 3.17. The first-order valence-corrected chi connectivity index (χ1v) is 8.04. The van der Waals surface area contributed by atoms with Crippen LogP contribution in [0, 0.1) is 18.9 Å². The minimum atomic E-state index is -3.62. The molecule has 3 nitrogen and oxygen atoms in total. The number of aryl methyl sites for hydroxylation is 1. The van der Waals surface area contributed by atoms with Crippen molar-refractivity contribution in [2.24, 2.45) is 0 Å². The summed E-state index contributed by atoms with van der Waals surface area (Å²) in [5.74, 6) is 2.67. The fourth-order valence-electron chi connectivity index (χ4n) is 1.90. The summed E-state index contributed by atoms with van der Waals surface area (Å²) in [6.07, 6.45) is 0. The van der Waals surface area contributed by atoms with Gasteiger partial charge in [-0.25, -0.2) is 12.7 Å². The number of rotatable bonds is 4. The van der Waals surface area contributed by atoms with Gasteiger partial charge in [0.25, 0.3) is 10.0 Å². The van der Waals surface area contributed by atoms with Gasteiger partial charge in [0.05, 0.1) is 11.4 Å². The summed E-state index contributed by atoms with van der Waals surface area (Å²) in [5.41, 5.74) is 1.92. The van der Waals surface area contributed by atoms with Crippen molar-refractivity contribution in [1.29, 1.82) is 0 Å². The lowest BCUT2D eigenvalue weighted by Gasteiger charge is -2.18. The van der Waals surface area contributed by atoms with Gasteiger partial charge in [-0.05, 0) is 31.5 Å². The van der Waals surface area contributed by atoms with Crippen molar-refractivity contribution in [2.75, 3.05) is 0 Å². The lowest BCUT2D eigenvalue weighted by molar-refractivity contribution is 0.508. The molecule has 0 aliphatic carbocycles. The maximum absolute atomic E-state index is 12.7. The normalized spacial score (nSPS) is 10.6. The first-order chi connectivity index (χ1) is 10.0. The highest BCUT2D eigenvalue weighted by molar-refractivity contribution is 7.89. The van der Waals surface area contributed by atoms with Crippen LogP contribution in [0.5, 0.6) is 0 Å². The third-order valence-corrected chi connectivity index (χ3v) is 4.68. The lowest BCUT2D eigenvalue weighted by Crippen LogP contribution is -2.26. The average Bonchev–Trinajstić information content (AvgIpc) is 2.48. The molecule has 108 valence electrons. The number of hydrogen-bond donors (Lipinski definition) is 0. The summed E-state index contributed by atoms with van der Waals surface area (Å²) in [7, 11) is -3.62. The standard InChI is InChI=1S/C17H17NO2S/c1-3-13-18(14-16-7-5-4-6-8-16)21(19,20)17-11-9-15(2)10-12-17/h4-12H,14H2,1-2H3. The Morgan fingerprint density at radius 2 is 1.62 bits per heavy atom. The Bertz CT molecular complexity index is 754. The van der Waals surface area contributed by atoms with Crippen LogP contribution in [-0.4, -0.2) is 12.7 Å². The second-order valence-electron chi connectivity index (χ2n) is 4.67. The molecule has 0 aliphatic rings. The van der Waals surface area contributed by atoms with E-state index in [-0.39, 0.29) is 11.4 Å². The van der Waals surface area contributed by atoms with Crippen LogP contribution >= 0.6 is 0 Å². The van der Waals surface area contributed by atoms with E-state index in [0.29, 0.717) is 0 Å². The van der Waals surface area contributed by atoms with Crippen molar-refractivity contribution in [2.45, 2.75) is 25.3 Å². The van der Waals surface area contributed by atoms with Gasteiger partial charge in [0.15, 0.2) is 0 Å². The molecule has 2 rings (SSSR count). The molecule has 0 saturated carbocycles. The molecular weight excluding hydrogens is 282 g/mol. The highest BCUT2D eigenvalue weighted by atomic mass is 32.2. The first-order valence-electron chi connectivity index (χ1n) is 6.60. The molecule has 0 aliphatic heterocycles. The smallest absolute Gasteiger partial charge is 0.220 e. The van der Waals surface area contributed by atoms with Gasteiger partial charge < -0.3 is 0 Å². The van der Waals surface area contributed by atoms with E-state index in [1.54, 1.807) is 31.2 Å². The maximum Gasteiger partial charge on any atom is 0.271 e. The van der Waals surface area contributed by atoms with Crippen LogP contribution in [0.15, 0.2) is 59.5 Å². The molecule has 0 bridgehead atoms. The fourth-order valence-corrected chi connectivity index (χ4v) is 3.16. The Labute approximate surface area is 126 Å². The molecule has 0 radical (unpaired) electrons.